The molecule has 22 heteroatoms. The van der Waals surface area contributed by atoms with Gasteiger partial charge >= 0.3 is 18.0 Å². The van der Waals surface area contributed by atoms with Crippen molar-refractivity contribution in [3.8, 4) is 0 Å². The van der Waals surface area contributed by atoms with Crippen molar-refractivity contribution in [2.45, 2.75) is 100 Å². The van der Waals surface area contributed by atoms with E-state index in [-0.39, 0.29) is 106 Å². The Labute approximate surface area is 338 Å². The number of nitrogens with one attached hydrogen (secondary N) is 1. The van der Waals surface area contributed by atoms with Crippen LogP contribution >= 0.6 is 0 Å². The average molecular weight is 845 g/mol. The van der Waals surface area contributed by atoms with Gasteiger partial charge in [-0.25, -0.2) is 14.4 Å². The van der Waals surface area contributed by atoms with E-state index in [1.54, 1.807) is 27.7 Å². The van der Waals surface area contributed by atoms with E-state index in [0.717, 1.165) is 0 Å². The molecule has 0 aromatic carbocycles. The van der Waals surface area contributed by atoms with Gasteiger partial charge in [0.25, 0.3) is 0 Å². The topological polar surface area (TPSA) is 290 Å². The summed E-state index contributed by atoms with van der Waals surface area (Å²) in [7, 11) is 0. The van der Waals surface area contributed by atoms with Crippen molar-refractivity contribution < 1.29 is 96.4 Å². The Morgan fingerprint density at radius 3 is 1.76 bits per heavy atom. The van der Waals surface area contributed by atoms with Crippen LogP contribution in [-0.2, 0) is 71.2 Å². The van der Waals surface area contributed by atoms with Gasteiger partial charge in [0.15, 0.2) is 5.79 Å². The molecular formula is C36H64N2O20. The van der Waals surface area contributed by atoms with Gasteiger partial charge in [-0.15, -0.1) is 0 Å². The summed E-state index contributed by atoms with van der Waals surface area (Å²) in [6, 6.07) is -1.48. The Morgan fingerprint density at radius 1 is 0.724 bits per heavy atom. The minimum absolute atomic E-state index is 0.0114. The second-order valence-corrected chi connectivity index (χ2v) is 14.9. The number of amides is 1. The van der Waals surface area contributed by atoms with Crippen molar-refractivity contribution in [3.63, 3.8) is 0 Å². The fourth-order valence-electron chi connectivity index (χ4n) is 6.18. The number of carboxylic acid groups (broad SMARTS) is 2. The minimum Gasteiger partial charge on any atom is -0.480 e. The van der Waals surface area contributed by atoms with Crippen LogP contribution in [0.5, 0.6) is 0 Å². The number of rotatable bonds is 29. The number of fused-ring (bicyclic) bond motifs is 1. The van der Waals surface area contributed by atoms with E-state index in [9.17, 15) is 24.6 Å². The molecule has 3 aliphatic heterocycles. The molecule has 3 fully saturated rings. The van der Waals surface area contributed by atoms with Gasteiger partial charge in [-0.2, -0.15) is 0 Å². The molecular weight excluding hydrogens is 780 g/mol. The summed E-state index contributed by atoms with van der Waals surface area (Å²) < 4.78 is 74.4. The van der Waals surface area contributed by atoms with Crippen molar-refractivity contribution in [2.75, 3.05) is 112 Å². The SMILES string of the molecule is CC(C)(C)OC(=O)N[C@H]1CO[C@H](COCCOCCOCCOCC(=O)O)[C@@H]2OC(C)(CC(OCCOCCOCCOCC(=O)O)[C@H]3OC[C@H](N)[C@@H](O)[C@H]3O)O[C@@H]21. The molecule has 3 saturated heterocycles. The number of carboxylic acids is 2. The minimum atomic E-state index is -1.39. The van der Waals surface area contributed by atoms with Crippen LogP contribution in [0.1, 0.15) is 34.1 Å². The lowest BCUT2D eigenvalue weighted by Crippen LogP contribution is -2.60. The first kappa shape index (κ1) is 50.0. The van der Waals surface area contributed by atoms with E-state index in [0.29, 0.717) is 6.61 Å². The van der Waals surface area contributed by atoms with Crippen LogP contribution in [-0.4, -0.2) is 217 Å². The van der Waals surface area contributed by atoms with Crippen LogP contribution < -0.4 is 11.1 Å². The standard InChI is InChI=1S/C36H64N2O20/c1-35(2,3)58-34(45)38-24-19-54-26(20-50-12-9-46-5-6-47-10-13-51-21-27(39)40)33-31(24)56-36(4,57-33)17-25(32-30(44)29(43)23(37)18-55-32)53-16-15-49-8-7-48-11-14-52-22-28(41)42/h23-26,29-33,43-44H,5-22,37H2,1-4H3,(H,38,45)(H,39,40)(H,41,42)/t23-,24-,25?,26+,29+,30+,31+,32+,33-,36?/m0/s1. The third-order valence-corrected chi connectivity index (χ3v) is 8.75. The molecule has 0 bridgehead atoms. The molecule has 3 rings (SSSR count). The number of ether oxygens (including phenoxy) is 13. The van der Waals surface area contributed by atoms with Crippen LogP contribution in [0.25, 0.3) is 0 Å². The third-order valence-electron chi connectivity index (χ3n) is 8.75. The summed E-state index contributed by atoms with van der Waals surface area (Å²) in [6.07, 6.45) is -7.30. The smallest absolute Gasteiger partial charge is 0.408 e. The Kier molecular flexibility index (Phi) is 22.4. The molecule has 7 N–H and O–H groups in total. The van der Waals surface area contributed by atoms with E-state index in [2.05, 4.69) is 5.32 Å². The van der Waals surface area contributed by atoms with Crippen molar-refractivity contribution in [1.82, 2.24) is 5.32 Å². The summed E-state index contributed by atoms with van der Waals surface area (Å²) in [5.74, 6) is -3.48. The van der Waals surface area contributed by atoms with E-state index < -0.39 is 90.8 Å². The van der Waals surface area contributed by atoms with Crippen LogP contribution in [0.15, 0.2) is 0 Å². The molecule has 0 aromatic rings. The third kappa shape index (κ3) is 18.9. The van der Waals surface area contributed by atoms with Crippen LogP contribution in [0.3, 0.4) is 0 Å². The molecule has 0 aliphatic carbocycles. The molecule has 58 heavy (non-hydrogen) atoms. The summed E-state index contributed by atoms with van der Waals surface area (Å²) in [5, 5.41) is 41.7. The summed E-state index contributed by atoms with van der Waals surface area (Å²) in [6.45, 7) is 8.71. The largest absolute Gasteiger partial charge is 0.480 e. The van der Waals surface area contributed by atoms with Crippen molar-refractivity contribution in [2.24, 2.45) is 5.73 Å². The number of carbonyl (C=O) groups is 3. The van der Waals surface area contributed by atoms with Gasteiger partial charge in [0.2, 0.25) is 0 Å². The molecule has 338 valence electrons. The van der Waals surface area contributed by atoms with E-state index >= 15 is 0 Å². The normalized spacial score (nSPS) is 29.2. The summed E-state index contributed by atoms with van der Waals surface area (Å²) in [5.41, 5.74) is 5.19. The van der Waals surface area contributed by atoms with Gasteiger partial charge in [-0.05, 0) is 27.7 Å². The molecule has 0 radical (unpaired) electrons. The Balaban J connectivity index is 1.57. The van der Waals surface area contributed by atoms with Gasteiger partial charge in [0, 0.05) is 6.42 Å². The molecule has 0 aromatic heterocycles. The molecule has 2 unspecified atom stereocenters. The van der Waals surface area contributed by atoms with E-state index in [4.69, 9.17) is 77.5 Å². The fourth-order valence-corrected chi connectivity index (χ4v) is 6.18. The molecule has 3 aliphatic rings. The second kappa shape index (κ2) is 26.1. The maximum atomic E-state index is 12.8. The summed E-state index contributed by atoms with van der Waals surface area (Å²) in [4.78, 5) is 33.8. The van der Waals surface area contributed by atoms with E-state index in [1.807, 2.05) is 0 Å². The Morgan fingerprint density at radius 2 is 1.22 bits per heavy atom. The number of aliphatic hydroxyl groups excluding tert-OH is 2. The quantitative estimate of drug-likeness (QED) is 0.0457. The Hall–Kier alpha value is -2.39. The maximum absolute atomic E-state index is 12.8. The molecule has 22 nitrogen and oxygen atoms in total. The van der Waals surface area contributed by atoms with Gasteiger partial charge in [0.05, 0.1) is 123 Å². The molecule has 3 heterocycles. The average Bonchev–Trinajstić information content (AvgIpc) is 3.50. The number of aliphatic hydroxyl groups is 2. The van der Waals surface area contributed by atoms with Crippen LogP contribution in [0.4, 0.5) is 4.79 Å². The molecule has 0 spiro atoms. The van der Waals surface area contributed by atoms with Crippen molar-refractivity contribution in [3.05, 3.63) is 0 Å². The summed E-state index contributed by atoms with van der Waals surface area (Å²) >= 11 is 0. The predicted molar refractivity (Wildman–Crippen MR) is 196 cm³/mol. The first-order chi connectivity index (χ1) is 27.6. The number of alkyl carbamates (subject to hydrolysis) is 1. The number of hydrogen-bond donors (Lipinski definition) is 6. The predicted octanol–water partition coefficient (Wildman–Crippen LogP) is -1.71. The lowest BCUT2D eigenvalue weighted by Gasteiger charge is -2.41. The number of aliphatic carboxylic acids is 2. The second-order valence-electron chi connectivity index (χ2n) is 14.9. The lowest BCUT2D eigenvalue weighted by molar-refractivity contribution is -0.230. The maximum Gasteiger partial charge on any atom is 0.408 e. The number of carbonyl (C=O) groups excluding carboxylic acids is 1. The zero-order valence-corrected chi connectivity index (χ0v) is 33.8. The lowest BCUT2D eigenvalue weighted by atomic mass is 9.92. The highest BCUT2D eigenvalue weighted by Gasteiger charge is 2.56. The van der Waals surface area contributed by atoms with Gasteiger partial charge in [-0.3, -0.25) is 0 Å². The first-order valence-corrected chi connectivity index (χ1v) is 19.4. The van der Waals surface area contributed by atoms with Gasteiger partial charge in [-0.1, -0.05) is 0 Å². The highest BCUT2D eigenvalue weighted by molar-refractivity contribution is 5.68. The first-order valence-electron chi connectivity index (χ1n) is 19.4. The monoisotopic (exact) mass is 844 g/mol. The molecule has 10 atom stereocenters. The highest BCUT2D eigenvalue weighted by atomic mass is 16.8. The number of nitrogens with two attached hydrogens (primary N) is 1. The Bertz CT molecular complexity index is 1200. The van der Waals surface area contributed by atoms with Crippen molar-refractivity contribution in [1.29, 1.82) is 0 Å². The molecule has 1 amide bonds. The highest BCUT2D eigenvalue weighted by Crippen LogP contribution is 2.40. The van der Waals surface area contributed by atoms with Crippen LogP contribution in [0.2, 0.25) is 0 Å². The van der Waals surface area contributed by atoms with Crippen LogP contribution in [0, 0.1) is 0 Å². The fraction of sp³-hybridized carbons (Fsp3) is 0.917. The van der Waals surface area contributed by atoms with Crippen molar-refractivity contribution >= 4 is 18.0 Å². The zero-order valence-electron chi connectivity index (χ0n) is 33.8. The molecule has 0 saturated carbocycles. The zero-order chi connectivity index (χ0) is 42.6. The van der Waals surface area contributed by atoms with Gasteiger partial charge in [0.1, 0.15) is 49.3 Å². The van der Waals surface area contributed by atoms with Gasteiger partial charge < -0.3 is 93.1 Å². The number of hydrogen-bond acceptors (Lipinski definition) is 19. The van der Waals surface area contributed by atoms with E-state index in [1.165, 1.54) is 0 Å².